The van der Waals surface area contributed by atoms with Gasteiger partial charge in [-0.1, -0.05) is 6.42 Å². The number of aromatic nitrogens is 2. The van der Waals surface area contributed by atoms with Crippen molar-refractivity contribution in [3.63, 3.8) is 0 Å². The summed E-state index contributed by atoms with van der Waals surface area (Å²) in [5.74, 6) is 1.59. The van der Waals surface area contributed by atoms with Gasteiger partial charge in [0.05, 0.1) is 24.2 Å². The second-order valence-electron chi connectivity index (χ2n) is 5.70. The first-order valence-corrected chi connectivity index (χ1v) is 7.75. The number of H-pyrrole nitrogens is 1. The number of ether oxygens (including phenoxy) is 1. The molecule has 2 aromatic rings. The first kappa shape index (κ1) is 20.7. The Morgan fingerprint density at radius 3 is 2.83 bits per heavy atom. The maximum absolute atomic E-state index is 11.8. The van der Waals surface area contributed by atoms with Crippen LogP contribution in [0.3, 0.4) is 0 Å². The average Bonchev–Trinajstić information content (AvgIpc) is 2.84. The molecule has 134 valence electrons. The Labute approximate surface area is 154 Å². The number of aromatic amines is 1. The number of fused-ring (bicyclic) bond motifs is 1. The van der Waals surface area contributed by atoms with Crippen molar-refractivity contribution in [1.29, 1.82) is 0 Å². The smallest absolute Gasteiger partial charge is 0.238 e. The lowest BCUT2D eigenvalue weighted by molar-refractivity contribution is -0.115. The molecule has 1 aromatic carbocycles. The highest BCUT2D eigenvalue weighted by molar-refractivity contribution is 5.94. The maximum atomic E-state index is 11.8. The number of nitrogens with zero attached hydrogens (tertiary/aromatic N) is 1. The lowest BCUT2D eigenvalue weighted by Gasteiger charge is -2.22. The van der Waals surface area contributed by atoms with E-state index in [0.717, 1.165) is 22.5 Å². The Bertz CT molecular complexity index is 659. The quantitative estimate of drug-likeness (QED) is 0.651. The first-order valence-electron chi connectivity index (χ1n) is 7.75. The average molecular weight is 375 g/mol. The van der Waals surface area contributed by atoms with Gasteiger partial charge in [0, 0.05) is 25.3 Å². The van der Waals surface area contributed by atoms with Gasteiger partial charge in [0.25, 0.3) is 0 Å². The molecule has 0 saturated heterocycles. The van der Waals surface area contributed by atoms with E-state index in [9.17, 15) is 4.79 Å². The molecule has 0 unspecified atom stereocenters. The van der Waals surface area contributed by atoms with E-state index in [1.807, 2.05) is 18.2 Å². The molecule has 3 rings (SSSR count). The van der Waals surface area contributed by atoms with Crippen molar-refractivity contribution in [2.45, 2.75) is 25.2 Å². The van der Waals surface area contributed by atoms with Crippen LogP contribution in [-0.4, -0.2) is 42.7 Å². The van der Waals surface area contributed by atoms with Gasteiger partial charge in [-0.15, -0.1) is 24.8 Å². The second-order valence-corrected chi connectivity index (χ2v) is 5.70. The van der Waals surface area contributed by atoms with Gasteiger partial charge in [-0.3, -0.25) is 4.79 Å². The number of rotatable bonds is 7. The summed E-state index contributed by atoms with van der Waals surface area (Å²) < 4.78 is 4.92. The molecular formula is C16H24Cl2N4O2. The van der Waals surface area contributed by atoms with E-state index < -0.39 is 0 Å². The summed E-state index contributed by atoms with van der Waals surface area (Å²) in [4.78, 5) is 19.8. The SMILES string of the molecule is COCCNCC(=O)Nc1ccc2nc(C3CCC3)[nH]c2c1.Cl.Cl. The monoisotopic (exact) mass is 374 g/mol. The Morgan fingerprint density at radius 2 is 2.17 bits per heavy atom. The van der Waals surface area contributed by atoms with E-state index in [0.29, 0.717) is 19.1 Å². The Kier molecular flexibility index (Phi) is 8.48. The number of benzene rings is 1. The molecule has 8 heteroatoms. The number of nitrogens with one attached hydrogen (secondary N) is 3. The maximum Gasteiger partial charge on any atom is 0.238 e. The van der Waals surface area contributed by atoms with Crippen molar-refractivity contribution in [2.75, 3.05) is 32.1 Å². The molecule has 0 bridgehead atoms. The fraction of sp³-hybridized carbons (Fsp3) is 0.500. The summed E-state index contributed by atoms with van der Waals surface area (Å²) in [6.07, 6.45) is 3.73. The van der Waals surface area contributed by atoms with Crippen LogP contribution in [-0.2, 0) is 9.53 Å². The molecule has 1 aromatic heterocycles. The minimum Gasteiger partial charge on any atom is -0.383 e. The highest BCUT2D eigenvalue weighted by Crippen LogP contribution is 2.35. The van der Waals surface area contributed by atoms with Gasteiger partial charge < -0.3 is 20.4 Å². The summed E-state index contributed by atoms with van der Waals surface area (Å²) in [6.45, 7) is 1.53. The molecule has 0 spiro atoms. The molecule has 3 N–H and O–H groups in total. The largest absolute Gasteiger partial charge is 0.383 e. The van der Waals surface area contributed by atoms with Crippen molar-refractivity contribution in [3.8, 4) is 0 Å². The number of anilines is 1. The highest BCUT2D eigenvalue weighted by Gasteiger charge is 2.22. The molecule has 1 heterocycles. The zero-order valence-corrected chi connectivity index (χ0v) is 15.3. The van der Waals surface area contributed by atoms with Crippen molar-refractivity contribution in [1.82, 2.24) is 15.3 Å². The lowest BCUT2D eigenvalue weighted by Crippen LogP contribution is -2.30. The molecule has 1 fully saturated rings. The molecule has 1 aliphatic rings. The van der Waals surface area contributed by atoms with Crippen LogP contribution in [0.4, 0.5) is 5.69 Å². The van der Waals surface area contributed by atoms with Gasteiger partial charge in [-0.25, -0.2) is 4.98 Å². The standard InChI is InChI=1S/C16H22N4O2.2ClH/c1-22-8-7-17-10-15(21)18-12-5-6-13-14(9-12)20-16(19-13)11-3-2-4-11;;/h5-6,9,11,17H,2-4,7-8,10H2,1H3,(H,18,21)(H,19,20);2*1H. The highest BCUT2D eigenvalue weighted by atomic mass is 35.5. The van der Waals surface area contributed by atoms with Crippen LogP contribution in [0.2, 0.25) is 0 Å². The number of hydrogen-bond acceptors (Lipinski definition) is 4. The van der Waals surface area contributed by atoms with Crippen LogP contribution in [0.1, 0.15) is 31.0 Å². The predicted octanol–water partition coefficient (Wildman–Crippen LogP) is 2.85. The fourth-order valence-corrected chi connectivity index (χ4v) is 2.56. The van der Waals surface area contributed by atoms with Crippen LogP contribution in [0.15, 0.2) is 18.2 Å². The molecule has 1 saturated carbocycles. The van der Waals surface area contributed by atoms with E-state index in [-0.39, 0.29) is 37.3 Å². The second kappa shape index (κ2) is 9.84. The third-order valence-corrected chi connectivity index (χ3v) is 4.04. The molecule has 6 nitrogen and oxygen atoms in total. The topological polar surface area (TPSA) is 79.0 Å². The minimum atomic E-state index is -0.0609. The van der Waals surface area contributed by atoms with Gasteiger partial charge in [0.2, 0.25) is 5.91 Å². The number of carbonyl (C=O) groups excluding carboxylic acids is 1. The normalized spacial score (nSPS) is 13.7. The number of hydrogen-bond donors (Lipinski definition) is 3. The Morgan fingerprint density at radius 1 is 1.38 bits per heavy atom. The molecule has 0 aliphatic heterocycles. The van der Waals surface area contributed by atoms with Gasteiger partial charge in [-0.2, -0.15) is 0 Å². The number of amides is 1. The first-order chi connectivity index (χ1) is 10.8. The molecule has 1 aliphatic carbocycles. The molecule has 24 heavy (non-hydrogen) atoms. The van der Waals surface area contributed by atoms with Crippen molar-refractivity contribution >= 4 is 47.4 Å². The predicted molar refractivity (Wildman–Crippen MR) is 101 cm³/mol. The van der Waals surface area contributed by atoms with Crippen LogP contribution in [0, 0.1) is 0 Å². The third kappa shape index (κ3) is 5.08. The third-order valence-electron chi connectivity index (χ3n) is 4.04. The van der Waals surface area contributed by atoms with Crippen LogP contribution < -0.4 is 10.6 Å². The van der Waals surface area contributed by atoms with Crippen LogP contribution in [0.25, 0.3) is 11.0 Å². The lowest BCUT2D eigenvalue weighted by atomic mass is 9.85. The zero-order chi connectivity index (χ0) is 15.4. The Balaban J connectivity index is 0.00000144. The van der Waals surface area contributed by atoms with Crippen molar-refractivity contribution in [2.24, 2.45) is 0 Å². The number of imidazole rings is 1. The van der Waals surface area contributed by atoms with E-state index in [2.05, 4.69) is 20.6 Å². The van der Waals surface area contributed by atoms with Crippen LogP contribution >= 0.6 is 24.8 Å². The molecular weight excluding hydrogens is 351 g/mol. The summed E-state index contributed by atoms with van der Waals surface area (Å²) in [6, 6.07) is 5.78. The summed E-state index contributed by atoms with van der Waals surface area (Å²) in [5, 5.41) is 5.91. The zero-order valence-electron chi connectivity index (χ0n) is 13.6. The van der Waals surface area contributed by atoms with Gasteiger partial charge in [-0.05, 0) is 31.0 Å². The molecule has 0 radical (unpaired) electrons. The molecule has 1 amide bonds. The van der Waals surface area contributed by atoms with E-state index in [1.165, 1.54) is 19.3 Å². The van der Waals surface area contributed by atoms with Gasteiger partial charge in [0.1, 0.15) is 5.82 Å². The number of methoxy groups -OCH3 is 1. The number of halogens is 2. The van der Waals surface area contributed by atoms with Gasteiger partial charge in [0.15, 0.2) is 0 Å². The summed E-state index contributed by atoms with van der Waals surface area (Å²) >= 11 is 0. The number of carbonyl (C=O) groups is 1. The summed E-state index contributed by atoms with van der Waals surface area (Å²) in [7, 11) is 1.64. The summed E-state index contributed by atoms with van der Waals surface area (Å²) in [5.41, 5.74) is 2.72. The van der Waals surface area contributed by atoms with E-state index in [4.69, 9.17) is 4.74 Å². The van der Waals surface area contributed by atoms with Crippen LogP contribution in [0.5, 0.6) is 0 Å². The fourth-order valence-electron chi connectivity index (χ4n) is 2.56. The van der Waals surface area contributed by atoms with Gasteiger partial charge >= 0.3 is 0 Å². The van der Waals surface area contributed by atoms with E-state index in [1.54, 1.807) is 7.11 Å². The van der Waals surface area contributed by atoms with Crippen molar-refractivity contribution in [3.05, 3.63) is 24.0 Å². The Hall–Kier alpha value is -1.34. The minimum absolute atomic E-state index is 0. The van der Waals surface area contributed by atoms with E-state index >= 15 is 0 Å². The van der Waals surface area contributed by atoms with Crippen molar-refractivity contribution < 1.29 is 9.53 Å². The molecule has 0 atom stereocenters.